The van der Waals surface area contributed by atoms with Crippen LogP contribution >= 0.6 is 0 Å². The highest BCUT2D eigenvalue weighted by Crippen LogP contribution is 2.34. The third kappa shape index (κ3) is 3.78. The normalized spacial score (nSPS) is 13.6. The van der Waals surface area contributed by atoms with Crippen molar-refractivity contribution in [3.63, 3.8) is 0 Å². The summed E-state index contributed by atoms with van der Waals surface area (Å²) in [5.74, 6) is -1.27. The Labute approximate surface area is 168 Å². The summed E-state index contributed by atoms with van der Waals surface area (Å²) in [6.45, 7) is -1.73. The molecule has 30 heavy (non-hydrogen) atoms. The summed E-state index contributed by atoms with van der Waals surface area (Å²) in [6, 6.07) is 7.18. The number of alkyl halides is 3. The fourth-order valence-electron chi connectivity index (χ4n) is 3.38. The summed E-state index contributed by atoms with van der Waals surface area (Å²) >= 11 is 0. The number of amides is 2. The van der Waals surface area contributed by atoms with Gasteiger partial charge in [0, 0.05) is 19.0 Å². The average molecular weight is 418 g/mol. The van der Waals surface area contributed by atoms with E-state index in [1.807, 2.05) is 6.07 Å². The number of pyridine rings is 1. The number of rotatable bonds is 5. The van der Waals surface area contributed by atoms with Gasteiger partial charge in [-0.15, -0.1) is 0 Å². The lowest BCUT2D eigenvalue weighted by atomic mass is 10.1. The predicted molar refractivity (Wildman–Crippen MR) is 102 cm³/mol. The smallest absolute Gasteiger partial charge is 0.345 e. The lowest BCUT2D eigenvalue weighted by molar-refractivity contribution is -0.138. The topological polar surface area (TPSA) is 94.2 Å². The molecule has 0 aliphatic carbocycles. The first-order valence-corrected chi connectivity index (χ1v) is 9.00. The van der Waals surface area contributed by atoms with Crippen molar-refractivity contribution in [3.8, 4) is 0 Å². The first kappa shape index (κ1) is 19.7. The molecule has 3 aromatic rings. The summed E-state index contributed by atoms with van der Waals surface area (Å²) < 4.78 is 36.9. The van der Waals surface area contributed by atoms with Crippen LogP contribution in [0.5, 0.6) is 0 Å². The van der Waals surface area contributed by atoms with Crippen LogP contribution in [0.25, 0.3) is 11.0 Å². The SMILES string of the molecule is CN(c1cnc2[nH]ncc2c1)c1cccc2c1C(=O)N(CC(=O)NCC(F)(F)F)C2. The third-order valence-electron chi connectivity index (χ3n) is 4.84. The Kier molecular flexibility index (Phi) is 4.80. The molecular formula is C19H17F3N6O2. The Morgan fingerprint density at radius 3 is 2.90 bits per heavy atom. The second-order valence-corrected chi connectivity index (χ2v) is 6.92. The van der Waals surface area contributed by atoms with Crippen molar-refractivity contribution in [2.24, 2.45) is 0 Å². The molecule has 0 saturated heterocycles. The number of nitrogens with zero attached hydrogens (tertiary/aromatic N) is 4. The van der Waals surface area contributed by atoms with Gasteiger partial charge in [0.2, 0.25) is 5.91 Å². The van der Waals surface area contributed by atoms with E-state index in [0.717, 1.165) is 11.1 Å². The fourth-order valence-corrected chi connectivity index (χ4v) is 3.38. The lowest BCUT2D eigenvalue weighted by Crippen LogP contribution is -2.41. The van der Waals surface area contributed by atoms with Crippen LogP contribution in [0, 0.1) is 0 Å². The molecule has 0 fully saturated rings. The van der Waals surface area contributed by atoms with Gasteiger partial charge in [0.1, 0.15) is 13.1 Å². The van der Waals surface area contributed by atoms with E-state index in [4.69, 9.17) is 0 Å². The first-order chi connectivity index (χ1) is 14.2. The Bertz CT molecular complexity index is 1130. The molecule has 2 aromatic heterocycles. The minimum absolute atomic E-state index is 0.147. The van der Waals surface area contributed by atoms with Gasteiger partial charge in [-0.3, -0.25) is 14.7 Å². The number of hydrogen-bond acceptors (Lipinski definition) is 5. The molecule has 2 amide bonds. The van der Waals surface area contributed by atoms with Gasteiger partial charge in [0.15, 0.2) is 5.65 Å². The molecule has 156 valence electrons. The number of anilines is 2. The Balaban J connectivity index is 1.55. The van der Waals surface area contributed by atoms with Crippen LogP contribution in [0.4, 0.5) is 24.5 Å². The van der Waals surface area contributed by atoms with Gasteiger partial charge in [0.05, 0.1) is 29.3 Å². The molecule has 11 heteroatoms. The lowest BCUT2D eigenvalue weighted by Gasteiger charge is -2.22. The highest BCUT2D eigenvalue weighted by molar-refractivity contribution is 6.05. The molecule has 8 nitrogen and oxygen atoms in total. The van der Waals surface area contributed by atoms with Crippen molar-refractivity contribution in [2.75, 3.05) is 25.0 Å². The van der Waals surface area contributed by atoms with E-state index >= 15 is 0 Å². The summed E-state index contributed by atoms with van der Waals surface area (Å²) in [5.41, 5.74) is 3.09. The Hall–Kier alpha value is -3.63. The van der Waals surface area contributed by atoms with E-state index < -0.39 is 31.1 Å². The number of carbonyl (C=O) groups excluding carboxylic acids is 2. The molecule has 0 atom stereocenters. The molecule has 4 rings (SSSR count). The molecule has 0 bridgehead atoms. The van der Waals surface area contributed by atoms with Gasteiger partial charge in [-0.05, 0) is 17.7 Å². The van der Waals surface area contributed by atoms with E-state index in [1.165, 1.54) is 4.90 Å². The van der Waals surface area contributed by atoms with Gasteiger partial charge < -0.3 is 15.1 Å². The van der Waals surface area contributed by atoms with E-state index in [1.54, 1.807) is 47.9 Å². The maximum absolute atomic E-state index is 12.9. The molecule has 3 heterocycles. The minimum Gasteiger partial charge on any atom is -0.345 e. The number of H-pyrrole nitrogens is 1. The highest BCUT2D eigenvalue weighted by Gasteiger charge is 2.33. The number of aromatic nitrogens is 3. The Morgan fingerprint density at radius 1 is 1.33 bits per heavy atom. The molecule has 0 unspecified atom stereocenters. The van der Waals surface area contributed by atoms with Crippen LogP contribution in [0.1, 0.15) is 15.9 Å². The van der Waals surface area contributed by atoms with Crippen molar-refractivity contribution in [1.29, 1.82) is 0 Å². The molecule has 2 N–H and O–H groups in total. The van der Waals surface area contributed by atoms with Crippen LogP contribution in [0.2, 0.25) is 0 Å². The number of benzene rings is 1. The molecular weight excluding hydrogens is 401 g/mol. The van der Waals surface area contributed by atoms with Crippen LogP contribution in [0.3, 0.4) is 0 Å². The van der Waals surface area contributed by atoms with Crippen molar-refractivity contribution in [2.45, 2.75) is 12.7 Å². The van der Waals surface area contributed by atoms with Crippen molar-refractivity contribution < 1.29 is 22.8 Å². The van der Waals surface area contributed by atoms with Gasteiger partial charge in [-0.25, -0.2) is 4.98 Å². The summed E-state index contributed by atoms with van der Waals surface area (Å²) in [4.78, 5) is 32.1. The summed E-state index contributed by atoms with van der Waals surface area (Å²) in [5, 5.41) is 9.30. The zero-order valence-corrected chi connectivity index (χ0v) is 15.8. The maximum atomic E-state index is 12.9. The van der Waals surface area contributed by atoms with Crippen molar-refractivity contribution in [1.82, 2.24) is 25.4 Å². The minimum atomic E-state index is -4.51. The van der Waals surface area contributed by atoms with Crippen molar-refractivity contribution >= 4 is 34.2 Å². The molecule has 1 aromatic carbocycles. The van der Waals surface area contributed by atoms with Crippen LogP contribution in [0.15, 0.2) is 36.7 Å². The third-order valence-corrected chi connectivity index (χ3v) is 4.84. The fraction of sp³-hybridized carbons (Fsp3) is 0.263. The number of halogens is 3. The zero-order chi connectivity index (χ0) is 21.5. The van der Waals surface area contributed by atoms with Gasteiger partial charge in [-0.1, -0.05) is 12.1 Å². The standard InChI is InChI=1S/C19H17F3N6O2/c1-27(13-5-12-6-25-26-17(12)23-7-13)14-4-2-3-11-8-28(18(30)16(11)14)9-15(29)24-10-19(20,21)22/h2-7H,8-10H2,1H3,(H,24,29)(H,23,25,26). The quantitative estimate of drug-likeness (QED) is 0.664. The second-order valence-electron chi connectivity index (χ2n) is 6.92. The van der Waals surface area contributed by atoms with Gasteiger partial charge >= 0.3 is 6.18 Å². The van der Waals surface area contributed by atoms with Crippen LogP contribution in [-0.4, -0.2) is 58.2 Å². The molecule has 0 radical (unpaired) electrons. The number of aromatic amines is 1. The highest BCUT2D eigenvalue weighted by atomic mass is 19.4. The second kappa shape index (κ2) is 7.32. The number of fused-ring (bicyclic) bond motifs is 2. The molecule has 0 saturated carbocycles. The maximum Gasteiger partial charge on any atom is 0.405 e. The number of nitrogens with one attached hydrogen (secondary N) is 2. The molecule has 0 spiro atoms. The van der Waals surface area contributed by atoms with Crippen LogP contribution in [-0.2, 0) is 11.3 Å². The largest absolute Gasteiger partial charge is 0.405 e. The van der Waals surface area contributed by atoms with Crippen molar-refractivity contribution in [3.05, 3.63) is 47.8 Å². The van der Waals surface area contributed by atoms with Gasteiger partial charge in [0.25, 0.3) is 5.91 Å². The van der Waals surface area contributed by atoms with E-state index in [0.29, 0.717) is 22.5 Å². The number of carbonyl (C=O) groups is 2. The van der Waals surface area contributed by atoms with Gasteiger partial charge in [-0.2, -0.15) is 18.3 Å². The molecule has 1 aliphatic heterocycles. The van der Waals surface area contributed by atoms with E-state index in [-0.39, 0.29) is 6.54 Å². The first-order valence-electron chi connectivity index (χ1n) is 9.00. The van der Waals surface area contributed by atoms with E-state index in [2.05, 4.69) is 15.2 Å². The summed E-state index contributed by atoms with van der Waals surface area (Å²) in [6.07, 6.45) is -1.23. The average Bonchev–Trinajstić information content (AvgIpc) is 3.29. The Morgan fingerprint density at radius 2 is 2.13 bits per heavy atom. The molecule has 1 aliphatic rings. The summed E-state index contributed by atoms with van der Waals surface area (Å²) in [7, 11) is 1.78. The van der Waals surface area contributed by atoms with Crippen LogP contribution < -0.4 is 10.2 Å². The van der Waals surface area contributed by atoms with E-state index in [9.17, 15) is 22.8 Å². The monoisotopic (exact) mass is 418 g/mol. The number of hydrogen-bond donors (Lipinski definition) is 2. The predicted octanol–water partition coefficient (Wildman–Crippen LogP) is 2.36. The zero-order valence-electron chi connectivity index (χ0n) is 15.8.